The van der Waals surface area contributed by atoms with E-state index in [9.17, 15) is 4.79 Å². The molecule has 6 nitrogen and oxygen atoms in total. The van der Waals surface area contributed by atoms with E-state index in [1.165, 1.54) is 6.20 Å². The van der Waals surface area contributed by atoms with E-state index < -0.39 is 5.91 Å². The Balaban J connectivity index is 2.98. The van der Waals surface area contributed by atoms with E-state index in [2.05, 4.69) is 9.97 Å². The van der Waals surface area contributed by atoms with E-state index in [1.54, 1.807) is 11.3 Å². The van der Waals surface area contributed by atoms with Crippen LogP contribution in [0.25, 0.3) is 5.52 Å². The second kappa shape index (κ2) is 2.94. The second-order valence-electron chi connectivity index (χ2n) is 3.32. The van der Waals surface area contributed by atoms with Gasteiger partial charge in [-0.1, -0.05) is 0 Å². The third kappa shape index (κ3) is 1.22. The molecule has 0 bridgehead atoms. The van der Waals surface area contributed by atoms with Crippen LogP contribution in [0.1, 0.15) is 22.0 Å². The van der Waals surface area contributed by atoms with Gasteiger partial charge in [0.05, 0.1) is 11.9 Å². The molecule has 2 rings (SSSR count). The largest absolute Gasteiger partial charge is 0.382 e. The number of aromatic nitrogens is 3. The van der Waals surface area contributed by atoms with Gasteiger partial charge in [0, 0.05) is 0 Å². The number of primary amides is 1. The first-order chi connectivity index (χ1) is 7.02. The average Bonchev–Trinajstić information content (AvgIpc) is 2.43. The Kier molecular flexibility index (Phi) is 1.85. The van der Waals surface area contributed by atoms with Gasteiger partial charge in [0.25, 0.3) is 5.91 Å². The number of carbonyl (C=O) groups excluding carboxylic acids is 1. The fraction of sp³-hybridized carbons (Fsp3) is 0.222. The van der Waals surface area contributed by atoms with Crippen molar-refractivity contribution in [2.45, 2.75) is 13.8 Å². The lowest BCUT2D eigenvalue weighted by Crippen LogP contribution is -2.17. The van der Waals surface area contributed by atoms with Gasteiger partial charge in [-0.15, -0.1) is 0 Å². The number of carbonyl (C=O) groups is 1. The smallest absolute Gasteiger partial charge is 0.267 e. The van der Waals surface area contributed by atoms with Gasteiger partial charge in [-0.05, 0) is 13.8 Å². The SMILES string of the molecule is Cc1nc(C)n2c(C(N)=O)cnc(N)c12. The lowest BCUT2D eigenvalue weighted by molar-refractivity contribution is 0.0994. The van der Waals surface area contributed by atoms with Crippen molar-refractivity contribution in [1.82, 2.24) is 14.4 Å². The van der Waals surface area contributed by atoms with Crippen molar-refractivity contribution in [3.63, 3.8) is 0 Å². The fourth-order valence-electron chi connectivity index (χ4n) is 1.69. The van der Waals surface area contributed by atoms with Gasteiger partial charge in [-0.25, -0.2) is 9.97 Å². The van der Waals surface area contributed by atoms with Gasteiger partial charge in [0.1, 0.15) is 22.9 Å². The molecular formula is C9H11N5O. The average molecular weight is 205 g/mol. The zero-order chi connectivity index (χ0) is 11.2. The number of hydrogen-bond donors (Lipinski definition) is 2. The molecule has 0 aliphatic heterocycles. The van der Waals surface area contributed by atoms with Crippen LogP contribution >= 0.6 is 0 Å². The first kappa shape index (κ1) is 9.45. The molecule has 4 N–H and O–H groups in total. The lowest BCUT2D eigenvalue weighted by atomic mass is 10.3. The minimum absolute atomic E-state index is 0.289. The first-order valence-electron chi connectivity index (χ1n) is 4.42. The van der Waals surface area contributed by atoms with Crippen molar-refractivity contribution in [2.75, 3.05) is 5.73 Å². The Bertz CT molecular complexity index is 557. The highest BCUT2D eigenvalue weighted by molar-refractivity contribution is 5.92. The predicted octanol–water partition coefficient (Wildman–Crippen LogP) is 0.0272. The topological polar surface area (TPSA) is 99.3 Å². The quantitative estimate of drug-likeness (QED) is 0.685. The number of anilines is 1. The van der Waals surface area contributed by atoms with E-state index in [0.717, 1.165) is 5.69 Å². The van der Waals surface area contributed by atoms with Crippen molar-refractivity contribution < 1.29 is 4.79 Å². The molecular weight excluding hydrogens is 194 g/mol. The zero-order valence-corrected chi connectivity index (χ0v) is 8.48. The number of nitrogens with zero attached hydrogens (tertiary/aromatic N) is 3. The number of aryl methyl sites for hydroxylation is 2. The molecule has 2 heterocycles. The van der Waals surface area contributed by atoms with Crippen molar-refractivity contribution in [2.24, 2.45) is 5.73 Å². The molecule has 1 amide bonds. The predicted molar refractivity (Wildman–Crippen MR) is 55.4 cm³/mol. The van der Waals surface area contributed by atoms with Crippen LogP contribution in [0, 0.1) is 13.8 Å². The van der Waals surface area contributed by atoms with Gasteiger partial charge < -0.3 is 11.5 Å². The maximum atomic E-state index is 11.2. The van der Waals surface area contributed by atoms with Crippen molar-refractivity contribution in [3.05, 3.63) is 23.4 Å². The molecule has 0 spiro atoms. The van der Waals surface area contributed by atoms with Gasteiger partial charge in [0.15, 0.2) is 0 Å². The van der Waals surface area contributed by atoms with Crippen LogP contribution in [-0.4, -0.2) is 20.3 Å². The molecule has 0 saturated carbocycles. The van der Waals surface area contributed by atoms with E-state index in [4.69, 9.17) is 11.5 Å². The second-order valence-corrected chi connectivity index (χ2v) is 3.32. The molecule has 6 heteroatoms. The molecule has 78 valence electrons. The highest BCUT2D eigenvalue weighted by Crippen LogP contribution is 2.18. The van der Waals surface area contributed by atoms with Crippen LogP contribution < -0.4 is 11.5 Å². The normalized spacial score (nSPS) is 10.8. The molecule has 0 aliphatic rings. The van der Waals surface area contributed by atoms with Crippen molar-refractivity contribution >= 4 is 17.2 Å². The van der Waals surface area contributed by atoms with Crippen LogP contribution in [-0.2, 0) is 0 Å². The Hall–Kier alpha value is -2.11. The summed E-state index contributed by atoms with van der Waals surface area (Å²) < 4.78 is 1.62. The summed E-state index contributed by atoms with van der Waals surface area (Å²) in [7, 11) is 0. The van der Waals surface area contributed by atoms with Crippen LogP contribution in [0.3, 0.4) is 0 Å². The number of hydrogen-bond acceptors (Lipinski definition) is 4. The Morgan fingerprint density at radius 2 is 2.13 bits per heavy atom. The van der Waals surface area contributed by atoms with Gasteiger partial charge in [-0.3, -0.25) is 9.20 Å². The van der Waals surface area contributed by atoms with Crippen LogP contribution in [0.15, 0.2) is 6.20 Å². The van der Waals surface area contributed by atoms with E-state index in [1.807, 2.05) is 6.92 Å². The summed E-state index contributed by atoms with van der Waals surface area (Å²) in [6, 6.07) is 0. The number of rotatable bonds is 1. The number of amides is 1. The highest BCUT2D eigenvalue weighted by atomic mass is 16.1. The van der Waals surface area contributed by atoms with Crippen molar-refractivity contribution in [1.29, 1.82) is 0 Å². The molecule has 0 unspecified atom stereocenters. The number of fused-ring (bicyclic) bond motifs is 1. The summed E-state index contributed by atoms with van der Waals surface area (Å²) in [6.45, 7) is 3.59. The summed E-state index contributed by atoms with van der Waals surface area (Å²) >= 11 is 0. The lowest BCUT2D eigenvalue weighted by Gasteiger charge is -2.04. The summed E-state index contributed by atoms with van der Waals surface area (Å²) in [5.41, 5.74) is 12.6. The molecule has 0 saturated heterocycles. The molecule has 0 radical (unpaired) electrons. The van der Waals surface area contributed by atoms with Crippen LogP contribution in [0.4, 0.5) is 5.82 Å². The number of nitrogens with two attached hydrogens (primary N) is 2. The maximum absolute atomic E-state index is 11.2. The van der Waals surface area contributed by atoms with E-state index in [-0.39, 0.29) is 5.69 Å². The van der Waals surface area contributed by atoms with E-state index >= 15 is 0 Å². The Morgan fingerprint density at radius 1 is 1.47 bits per heavy atom. The molecule has 0 aromatic carbocycles. The van der Waals surface area contributed by atoms with Crippen LogP contribution in [0.5, 0.6) is 0 Å². The molecule has 0 fully saturated rings. The third-order valence-corrected chi connectivity index (χ3v) is 2.28. The Labute approximate surface area is 85.9 Å². The molecule has 2 aromatic heterocycles. The van der Waals surface area contributed by atoms with E-state index in [0.29, 0.717) is 17.2 Å². The highest BCUT2D eigenvalue weighted by Gasteiger charge is 2.15. The third-order valence-electron chi connectivity index (χ3n) is 2.28. The number of nitrogen functional groups attached to an aromatic ring is 1. The summed E-state index contributed by atoms with van der Waals surface area (Å²) in [6.07, 6.45) is 1.36. The molecule has 15 heavy (non-hydrogen) atoms. The molecule has 2 aromatic rings. The van der Waals surface area contributed by atoms with Gasteiger partial charge in [0.2, 0.25) is 0 Å². The minimum atomic E-state index is -0.548. The zero-order valence-electron chi connectivity index (χ0n) is 8.48. The van der Waals surface area contributed by atoms with Gasteiger partial charge in [-0.2, -0.15) is 0 Å². The maximum Gasteiger partial charge on any atom is 0.267 e. The van der Waals surface area contributed by atoms with Crippen LogP contribution in [0.2, 0.25) is 0 Å². The standard InChI is InChI=1S/C9H11N5O/c1-4-7-8(10)12-3-6(9(11)15)14(7)5(2)13-4/h3H,1-2H3,(H2,10,12)(H2,11,15). The minimum Gasteiger partial charge on any atom is -0.382 e. The molecule has 0 atom stereocenters. The monoisotopic (exact) mass is 205 g/mol. The Morgan fingerprint density at radius 3 is 2.73 bits per heavy atom. The summed E-state index contributed by atoms with van der Waals surface area (Å²) in [4.78, 5) is 19.3. The first-order valence-corrected chi connectivity index (χ1v) is 4.42. The molecule has 0 aliphatic carbocycles. The van der Waals surface area contributed by atoms with Gasteiger partial charge >= 0.3 is 0 Å². The number of imidazole rings is 1. The summed E-state index contributed by atoms with van der Waals surface area (Å²) in [5.74, 6) is 0.469. The fourth-order valence-corrected chi connectivity index (χ4v) is 1.69. The summed E-state index contributed by atoms with van der Waals surface area (Å²) in [5, 5.41) is 0. The van der Waals surface area contributed by atoms with Crippen molar-refractivity contribution in [3.8, 4) is 0 Å².